The zero-order chi connectivity index (χ0) is 24.7. The van der Waals surface area contributed by atoms with Gasteiger partial charge in [-0.15, -0.1) is 10.2 Å². The van der Waals surface area contributed by atoms with Gasteiger partial charge in [0.05, 0.1) is 12.3 Å². The van der Waals surface area contributed by atoms with Crippen molar-refractivity contribution in [1.29, 1.82) is 0 Å². The van der Waals surface area contributed by atoms with Gasteiger partial charge in [0.25, 0.3) is 5.91 Å². The number of amides is 2. The Bertz CT molecular complexity index is 1150. The number of nitrogens with one attached hydrogen (secondary N) is 2. The number of nitrogens with zero attached hydrogens (tertiary/aromatic N) is 3. The lowest BCUT2D eigenvalue weighted by Crippen LogP contribution is -2.36. The summed E-state index contributed by atoms with van der Waals surface area (Å²) in [5, 5.41) is 14.2. The molecular formula is C24H28FN5O3S. The van der Waals surface area contributed by atoms with Crippen LogP contribution in [0.5, 0.6) is 5.75 Å². The number of benzene rings is 2. The third-order valence-corrected chi connectivity index (χ3v) is 6.19. The maximum absolute atomic E-state index is 13.4. The lowest BCUT2D eigenvalue weighted by Gasteiger charge is -2.15. The molecule has 0 saturated carbocycles. The molecule has 8 nitrogen and oxygen atoms in total. The average Bonchev–Trinajstić information content (AvgIpc) is 3.18. The molecule has 0 fully saturated rings. The van der Waals surface area contributed by atoms with Gasteiger partial charge in [0, 0.05) is 12.7 Å². The quantitative estimate of drug-likeness (QED) is 0.426. The number of carbonyl (C=O) groups excluding carboxylic acids is 2. The van der Waals surface area contributed by atoms with E-state index in [0.717, 1.165) is 12.0 Å². The van der Waals surface area contributed by atoms with Crippen LogP contribution in [-0.2, 0) is 29.6 Å². The normalized spacial score (nSPS) is 11.7. The van der Waals surface area contributed by atoms with Crippen LogP contribution in [0.15, 0.2) is 47.6 Å². The fourth-order valence-electron chi connectivity index (χ4n) is 3.04. The zero-order valence-corrected chi connectivity index (χ0v) is 20.4. The summed E-state index contributed by atoms with van der Waals surface area (Å²) in [6, 6.07) is 11.9. The molecule has 0 radical (unpaired) electrons. The van der Waals surface area contributed by atoms with Crippen molar-refractivity contribution in [3.63, 3.8) is 0 Å². The first-order valence-corrected chi connectivity index (χ1v) is 11.9. The Balaban J connectivity index is 1.48. The van der Waals surface area contributed by atoms with Crippen molar-refractivity contribution >= 4 is 29.3 Å². The topological polar surface area (TPSA) is 98.1 Å². The number of hydrogen-bond acceptors (Lipinski definition) is 6. The number of halogens is 1. The van der Waals surface area contributed by atoms with E-state index in [4.69, 9.17) is 4.74 Å². The van der Waals surface area contributed by atoms with Crippen molar-refractivity contribution in [3.05, 3.63) is 65.2 Å². The average molecular weight is 486 g/mol. The van der Waals surface area contributed by atoms with Crippen LogP contribution in [0.1, 0.15) is 30.8 Å². The van der Waals surface area contributed by atoms with E-state index in [1.165, 1.54) is 29.5 Å². The Morgan fingerprint density at radius 1 is 1.18 bits per heavy atom. The van der Waals surface area contributed by atoms with Crippen LogP contribution < -0.4 is 15.4 Å². The molecule has 0 aliphatic heterocycles. The predicted octanol–water partition coefficient (Wildman–Crippen LogP) is 3.64. The Labute approximate surface area is 202 Å². The largest absolute Gasteiger partial charge is 0.481 e. The lowest BCUT2D eigenvalue weighted by molar-refractivity contribution is -0.127. The number of ether oxygens (including phenoxy) is 1. The molecule has 2 N–H and O–H groups in total. The first-order chi connectivity index (χ1) is 16.3. The fourth-order valence-corrected chi connectivity index (χ4v) is 3.77. The summed E-state index contributed by atoms with van der Waals surface area (Å²) in [5.41, 5.74) is 2.40. The van der Waals surface area contributed by atoms with Gasteiger partial charge in [-0.3, -0.25) is 9.59 Å². The molecule has 3 aromatic rings. The molecule has 0 aliphatic rings. The first kappa shape index (κ1) is 25.2. The molecular weight excluding hydrogens is 457 g/mol. The lowest BCUT2D eigenvalue weighted by atomic mass is 10.2. The highest BCUT2D eigenvalue weighted by Crippen LogP contribution is 2.19. The molecule has 2 aromatic carbocycles. The van der Waals surface area contributed by atoms with Gasteiger partial charge in [-0.05, 0) is 55.7 Å². The molecule has 3 rings (SSSR count). The van der Waals surface area contributed by atoms with E-state index in [0.29, 0.717) is 22.4 Å². The zero-order valence-electron chi connectivity index (χ0n) is 19.6. The SMILES string of the molecule is CCc1ccc(O[C@H](C)C(=O)NCc2nnc(SCC(=O)Nc3cc(F)ccc3C)n2C)cc1. The minimum absolute atomic E-state index is 0.0793. The summed E-state index contributed by atoms with van der Waals surface area (Å²) in [5.74, 6) is 0.273. The highest BCUT2D eigenvalue weighted by Gasteiger charge is 2.17. The minimum atomic E-state index is -0.676. The van der Waals surface area contributed by atoms with E-state index >= 15 is 0 Å². The van der Waals surface area contributed by atoms with Crippen LogP contribution in [0.3, 0.4) is 0 Å². The molecule has 1 aromatic heterocycles. The first-order valence-electron chi connectivity index (χ1n) is 10.9. The fraction of sp³-hybridized carbons (Fsp3) is 0.333. The number of aryl methyl sites for hydroxylation is 2. The molecule has 1 heterocycles. The number of rotatable bonds is 10. The minimum Gasteiger partial charge on any atom is -0.481 e. The van der Waals surface area contributed by atoms with Gasteiger partial charge in [-0.25, -0.2) is 4.39 Å². The summed E-state index contributed by atoms with van der Waals surface area (Å²) in [6.07, 6.45) is 0.260. The number of hydrogen-bond donors (Lipinski definition) is 2. The van der Waals surface area contributed by atoms with Crippen LogP contribution in [0.4, 0.5) is 10.1 Å². The Morgan fingerprint density at radius 2 is 1.91 bits per heavy atom. The van der Waals surface area contributed by atoms with Gasteiger partial charge in [0.2, 0.25) is 5.91 Å². The molecule has 0 aliphatic carbocycles. The van der Waals surface area contributed by atoms with E-state index in [1.54, 1.807) is 31.5 Å². The van der Waals surface area contributed by atoms with Crippen molar-refractivity contribution in [2.75, 3.05) is 11.1 Å². The standard InChI is InChI=1S/C24H28FN5O3S/c1-5-17-7-10-19(11-8-17)33-16(3)23(32)26-13-21-28-29-24(30(21)4)34-14-22(31)27-20-12-18(25)9-6-15(20)2/h6-12,16H,5,13-14H2,1-4H3,(H,26,32)(H,27,31)/t16-/m1/s1. The summed E-state index contributed by atoms with van der Waals surface area (Å²) in [6.45, 7) is 5.71. The molecule has 0 spiro atoms. The molecule has 34 heavy (non-hydrogen) atoms. The molecule has 0 bridgehead atoms. The van der Waals surface area contributed by atoms with Crippen molar-refractivity contribution in [2.45, 2.75) is 45.0 Å². The van der Waals surface area contributed by atoms with E-state index < -0.39 is 11.9 Å². The Kier molecular flexibility index (Phi) is 8.64. The molecule has 2 amide bonds. The summed E-state index contributed by atoms with van der Waals surface area (Å²) in [4.78, 5) is 24.7. The third-order valence-electron chi connectivity index (χ3n) is 5.17. The Morgan fingerprint density at radius 3 is 2.62 bits per heavy atom. The molecule has 10 heteroatoms. The van der Waals surface area contributed by atoms with Gasteiger partial charge in [0.15, 0.2) is 17.1 Å². The van der Waals surface area contributed by atoms with Gasteiger partial charge < -0.3 is 19.9 Å². The monoisotopic (exact) mass is 485 g/mol. The van der Waals surface area contributed by atoms with Gasteiger partial charge >= 0.3 is 0 Å². The van der Waals surface area contributed by atoms with E-state index in [1.807, 2.05) is 24.3 Å². The highest BCUT2D eigenvalue weighted by atomic mass is 32.2. The van der Waals surface area contributed by atoms with Crippen LogP contribution in [0.25, 0.3) is 0 Å². The van der Waals surface area contributed by atoms with Crippen LogP contribution in [0, 0.1) is 12.7 Å². The summed E-state index contributed by atoms with van der Waals surface area (Å²) in [7, 11) is 1.76. The van der Waals surface area contributed by atoms with E-state index in [2.05, 4.69) is 27.8 Å². The highest BCUT2D eigenvalue weighted by molar-refractivity contribution is 7.99. The number of carbonyl (C=O) groups is 2. The van der Waals surface area contributed by atoms with Crippen molar-refractivity contribution < 1.29 is 18.7 Å². The van der Waals surface area contributed by atoms with Crippen molar-refractivity contribution in [3.8, 4) is 5.75 Å². The number of anilines is 1. The van der Waals surface area contributed by atoms with Crippen LogP contribution in [-0.4, -0.2) is 38.4 Å². The second-order valence-electron chi connectivity index (χ2n) is 7.73. The molecule has 1 atom stereocenters. The van der Waals surface area contributed by atoms with Crippen LogP contribution >= 0.6 is 11.8 Å². The van der Waals surface area contributed by atoms with E-state index in [9.17, 15) is 14.0 Å². The summed E-state index contributed by atoms with van der Waals surface area (Å²) >= 11 is 1.20. The van der Waals surface area contributed by atoms with Gasteiger partial charge in [-0.1, -0.05) is 36.9 Å². The van der Waals surface area contributed by atoms with Crippen LogP contribution in [0.2, 0.25) is 0 Å². The third kappa shape index (κ3) is 6.80. The number of aromatic nitrogens is 3. The molecule has 0 saturated heterocycles. The second kappa shape index (κ2) is 11.6. The molecule has 180 valence electrons. The van der Waals surface area contributed by atoms with Gasteiger partial charge in [0.1, 0.15) is 11.6 Å². The smallest absolute Gasteiger partial charge is 0.261 e. The second-order valence-corrected chi connectivity index (χ2v) is 8.67. The summed E-state index contributed by atoms with van der Waals surface area (Å²) < 4.78 is 20.8. The number of thioether (sulfide) groups is 1. The van der Waals surface area contributed by atoms with Crippen molar-refractivity contribution in [2.24, 2.45) is 7.05 Å². The predicted molar refractivity (Wildman–Crippen MR) is 129 cm³/mol. The maximum Gasteiger partial charge on any atom is 0.261 e. The van der Waals surface area contributed by atoms with Gasteiger partial charge in [-0.2, -0.15) is 0 Å². The Hall–Kier alpha value is -3.40. The van der Waals surface area contributed by atoms with Crippen molar-refractivity contribution in [1.82, 2.24) is 20.1 Å². The van der Waals surface area contributed by atoms with E-state index in [-0.39, 0.29) is 24.1 Å². The molecule has 0 unspecified atom stereocenters. The maximum atomic E-state index is 13.4.